The Labute approximate surface area is 307 Å². The fraction of sp³-hybridized carbons (Fsp3) is 0.333. The molecule has 0 spiro atoms. The summed E-state index contributed by atoms with van der Waals surface area (Å²) in [6.45, 7) is 17.4. The van der Waals surface area contributed by atoms with Gasteiger partial charge in [-0.2, -0.15) is 0 Å². The second kappa shape index (κ2) is 13.8. The van der Waals surface area contributed by atoms with Crippen molar-refractivity contribution in [3.63, 3.8) is 0 Å². The van der Waals surface area contributed by atoms with Gasteiger partial charge in [0, 0.05) is 52.9 Å². The van der Waals surface area contributed by atoms with E-state index in [1.54, 1.807) is 0 Å². The van der Waals surface area contributed by atoms with E-state index in [-0.39, 0.29) is 16.9 Å². The van der Waals surface area contributed by atoms with Crippen molar-refractivity contribution in [2.45, 2.75) is 91.0 Å². The van der Waals surface area contributed by atoms with Crippen molar-refractivity contribution in [1.29, 1.82) is 0 Å². The van der Waals surface area contributed by atoms with Crippen LogP contribution in [0.4, 0.5) is 22.7 Å². The Bertz CT molecular complexity index is 1990. The van der Waals surface area contributed by atoms with Crippen LogP contribution >= 0.6 is 0 Å². The van der Waals surface area contributed by atoms with Crippen molar-refractivity contribution in [3.05, 3.63) is 166 Å². The molecule has 1 aliphatic carbocycles. The standard InChI is InChI=1S/C48H55N3/c1-9-10-31-50-43-28-22-35(3)33-41(43)48(6,7)45(50)30-26-37-24-23-36(25-29-44-47(4,5)40-32-34(2)21-27-42(40)49(44)8)46(37)51(38-17-13-11-14-18-38)39-19-15-12-16-20-39/h11-22,25-30,32-33,45H,9-10,23-24,31H2,1-8H3/b30-26+,36-25+,44-29+. The smallest absolute Gasteiger partial charge is 0.0568 e. The topological polar surface area (TPSA) is 9.72 Å². The second-order valence-electron chi connectivity index (χ2n) is 15.9. The van der Waals surface area contributed by atoms with Gasteiger partial charge in [-0.1, -0.05) is 131 Å². The van der Waals surface area contributed by atoms with Gasteiger partial charge in [0.2, 0.25) is 0 Å². The van der Waals surface area contributed by atoms with Gasteiger partial charge in [-0.15, -0.1) is 0 Å². The number of likely N-dealkylation sites (N-methyl/N-ethyl adjacent to an activating group) is 1. The summed E-state index contributed by atoms with van der Waals surface area (Å²) in [5.74, 6) is 0. The molecule has 3 heteroatoms. The molecular formula is C48H55N3. The molecule has 262 valence electrons. The molecule has 0 fully saturated rings. The minimum Gasteiger partial charge on any atom is -0.364 e. The third kappa shape index (κ3) is 6.26. The molecule has 0 aromatic heterocycles. The highest BCUT2D eigenvalue weighted by Gasteiger charge is 2.43. The molecule has 4 aromatic carbocycles. The number of aryl methyl sites for hydroxylation is 2. The molecule has 0 amide bonds. The first-order valence-electron chi connectivity index (χ1n) is 19.0. The number of allylic oxidation sites excluding steroid dienone is 6. The zero-order chi connectivity index (χ0) is 35.9. The third-order valence-corrected chi connectivity index (χ3v) is 11.6. The maximum atomic E-state index is 2.68. The predicted octanol–water partition coefficient (Wildman–Crippen LogP) is 12.3. The Morgan fingerprint density at radius 3 is 1.98 bits per heavy atom. The summed E-state index contributed by atoms with van der Waals surface area (Å²) >= 11 is 0. The van der Waals surface area contributed by atoms with Crippen LogP contribution in [0.15, 0.2) is 144 Å². The highest BCUT2D eigenvalue weighted by atomic mass is 15.2. The van der Waals surface area contributed by atoms with Crippen LogP contribution in [0.2, 0.25) is 0 Å². The summed E-state index contributed by atoms with van der Waals surface area (Å²) in [4.78, 5) is 7.56. The summed E-state index contributed by atoms with van der Waals surface area (Å²) in [7, 11) is 2.22. The van der Waals surface area contributed by atoms with Gasteiger partial charge in [-0.05, 0) is 97.9 Å². The number of para-hydroxylation sites is 2. The van der Waals surface area contributed by atoms with Crippen LogP contribution in [0.1, 0.15) is 82.6 Å². The fourth-order valence-corrected chi connectivity index (χ4v) is 8.77. The van der Waals surface area contributed by atoms with Crippen molar-refractivity contribution in [3.8, 4) is 0 Å². The van der Waals surface area contributed by atoms with Gasteiger partial charge in [0.15, 0.2) is 0 Å². The van der Waals surface area contributed by atoms with Crippen LogP contribution in [-0.4, -0.2) is 19.6 Å². The van der Waals surface area contributed by atoms with Gasteiger partial charge in [-0.25, -0.2) is 0 Å². The van der Waals surface area contributed by atoms with Crippen molar-refractivity contribution in [1.82, 2.24) is 0 Å². The summed E-state index contributed by atoms with van der Waals surface area (Å²) in [5.41, 5.74) is 15.9. The van der Waals surface area contributed by atoms with E-state index in [9.17, 15) is 0 Å². The molecule has 3 aliphatic rings. The monoisotopic (exact) mass is 673 g/mol. The Morgan fingerprint density at radius 1 is 0.745 bits per heavy atom. The van der Waals surface area contributed by atoms with Gasteiger partial charge in [0.1, 0.15) is 0 Å². The SMILES string of the molecule is CCCCN1c2ccc(C)cc2C(C)(C)C1/C=C/C1=C(N(c2ccccc2)c2ccccc2)C(=C/C=C2/N(C)c3ccc(C)cc3C2(C)C)/CC1. The number of anilines is 4. The highest BCUT2D eigenvalue weighted by Crippen LogP contribution is 2.49. The van der Waals surface area contributed by atoms with Crippen LogP contribution in [0.25, 0.3) is 0 Å². The molecule has 0 bridgehead atoms. The number of hydrogen-bond donors (Lipinski definition) is 0. The molecule has 0 N–H and O–H groups in total. The van der Waals surface area contributed by atoms with E-state index in [2.05, 4.69) is 192 Å². The Hall–Kier alpha value is -4.76. The Morgan fingerprint density at radius 2 is 1.35 bits per heavy atom. The number of rotatable bonds is 9. The van der Waals surface area contributed by atoms with E-state index in [1.807, 2.05) is 0 Å². The molecule has 0 saturated carbocycles. The third-order valence-electron chi connectivity index (χ3n) is 11.6. The number of fused-ring (bicyclic) bond motifs is 2. The van der Waals surface area contributed by atoms with Crippen molar-refractivity contribution < 1.29 is 0 Å². The summed E-state index contributed by atoms with van der Waals surface area (Å²) in [6.07, 6.45) is 14.2. The van der Waals surface area contributed by atoms with Crippen molar-refractivity contribution >= 4 is 22.7 Å². The average Bonchev–Trinajstić information content (AvgIpc) is 3.67. The first-order chi connectivity index (χ1) is 24.5. The van der Waals surface area contributed by atoms with Crippen LogP contribution in [0.3, 0.4) is 0 Å². The second-order valence-corrected chi connectivity index (χ2v) is 15.9. The quantitative estimate of drug-likeness (QED) is 0.175. The largest absolute Gasteiger partial charge is 0.364 e. The predicted molar refractivity (Wildman–Crippen MR) is 219 cm³/mol. The van der Waals surface area contributed by atoms with Gasteiger partial charge in [0.25, 0.3) is 0 Å². The molecular weight excluding hydrogens is 619 g/mol. The molecule has 2 aliphatic heterocycles. The lowest BCUT2D eigenvalue weighted by Crippen LogP contribution is -2.40. The van der Waals surface area contributed by atoms with Crippen LogP contribution < -0.4 is 14.7 Å². The molecule has 3 nitrogen and oxygen atoms in total. The maximum absolute atomic E-state index is 2.68. The van der Waals surface area contributed by atoms with Crippen molar-refractivity contribution in [2.75, 3.05) is 28.3 Å². The fourth-order valence-electron chi connectivity index (χ4n) is 8.77. The van der Waals surface area contributed by atoms with Gasteiger partial charge < -0.3 is 14.7 Å². The number of hydrogen-bond acceptors (Lipinski definition) is 3. The Kier molecular flexibility index (Phi) is 9.35. The molecule has 7 rings (SSSR count). The maximum Gasteiger partial charge on any atom is 0.0568 e. The lowest BCUT2D eigenvalue weighted by atomic mass is 9.79. The zero-order valence-electron chi connectivity index (χ0n) is 32.0. The van der Waals surface area contributed by atoms with Crippen LogP contribution in [0.5, 0.6) is 0 Å². The zero-order valence-corrected chi connectivity index (χ0v) is 32.0. The van der Waals surface area contributed by atoms with Gasteiger partial charge in [0.05, 0.1) is 11.7 Å². The average molecular weight is 674 g/mol. The van der Waals surface area contributed by atoms with E-state index in [4.69, 9.17) is 0 Å². The first-order valence-corrected chi connectivity index (χ1v) is 19.0. The van der Waals surface area contributed by atoms with E-state index in [0.29, 0.717) is 0 Å². The molecule has 0 saturated heterocycles. The molecule has 2 heterocycles. The van der Waals surface area contributed by atoms with E-state index in [1.165, 1.54) is 80.4 Å². The van der Waals surface area contributed by atoms with E-state index < -0.39 is 0 Å². The Balaban J connectivity index is 1.37. The van der Waals surface area contributed by atoms with Gasteiger partial charge in [-0.3, -0.25) is 0 Å². The summed E-state index contributed by atoms with van der Waals surface area (Å²) < 4.78 is 0. The molecule has 1 unspecified atom stereocenters. The lowest BCUT2D eigenvalue weighted by molar-refractivity contribution is 0.471. The lowest BCUT2D eigenvalue weighted by Gasteiger charge is -2.33. The van der Waals surface area contributed by atoms with Gasteiger partial charge >= 0.3 is 0 Å². The minimum absolute atomic E-state index is 0.00143. The summed E-state index contributed by atoms with van der Waals surface area (Å²) in [5, 5.41) is 0. The molecule has 51 heavy (non-hydrogen) atoms. The van der Waals surface area contributed by atoms with E-state index >= 15 is 0 Å². The number of unbranched alkanes of at least 4 members (excludes halogenated alkanes) is 1. The van der Waals surface area contributed by atoms with Crippen molar-refractivity contribution in [2.24, 2.45) is 0 Å². The van der Waals surface area contributed by atoms with Crippen LogP contribution in [-0.2, 0) is 10.8 Å². The minimum atomic E-state index is -0.0830. The molecule has 0 radical (unpaired) electrons. The number of nitrogens with zero attached hydrogens (tertiary/aromatic N) is 3. The molecule has 4 aromatic rings. The first kappa shape index (κ1) is 34.7. The van der Waals surface area contributed by atoms with Crippen LogP contribution in [0, 0.1) is 13.8 Å². The highest BCUT2D eigenvalue weighted by molar-refractivity contribution is 5.75. The normalized spacial score (nSPS) is 20.6. The number of benzene rings is 4. The van der Waals surface area contributed by atoms with E-state index in [0.717, 1.165) is 19.4 Å². The molecule has 1 atom stereocenters. The summed E-state index contributed by atoms with van der Waals surface area (Å²) in [6, 6.07) is 36.0.